The Morgan fingerprint density at radius 1 is 1.71 bits per heavy atom. The lowest BCUT2D eigenvalue weighted by Gasteiger charge is -2.12. The number of rotatable bonds is 2. The molecule has 0 aliphatic heterocycles. The molecule has 0 aromatic carbocycles. The van der Waals surface area contributed by atoms with Gasteiger partial charge in [-0.15, -0.1) is 6.58 Å². The molecule has 0 bridgehead atoms. The minimum Gasteiger partial charge on any atom is -0.454 e. The third-order valence-electron chi connectivity index (χ3n) is 0.755. The highest BCUT2D eigenvalue weighted by molar-refractivity contribution is 6.78. The van der Waals surface area contributed by atoms with E-state index < -0.39 is 8.32 Å². The van der Waals surface area contributed by atoms with Gasteiger partial charge in [0.05, 0.1) is 0 Å². The summed E-state index contributed by atoms with van der Waals surface area (Å²) in [7, 11) is 1.49. The molecule has 0 N–H and O–H groups in total. The normalized spacial score (nSPS) is 11.3. The smallest absolute Gasteiger partial charge is 0.230 e. The third kappa shape index (κ3) is 2.79. The topological polar surface area (TPSA) is 9.23 Å². The highest BCUT2D eigenvalue weighted by Gasteiger charge is 2.12. The fourth-order valence-corrected chi connectivity index (χ4v) is 0.375. The van der Waals surface area contributed by atoms with E-state index in [-0.39, 0.29) is 0 Å². The zero-order valence-electron chi connectivity index (χ0n) is 4.69. The van der Waals surface area contributed by atoms with Crippen molar-refractivity contribution in [3.8, 4) is 0 Å². The molecule has 39 valence electrons. The van der Waals surface area contributed by atoms with Crippen molar-refractivity contribution in [3.63, 3.8) is 0 Å². The van der Waals surface area contributed by atoms with Crippen LogP contribution in [0.15, 0.2) is 12.3 Å². The van der Waals surface area contributed by atoms with Gasteiger partial charge in [0.1, 0.15) is 0 Å². The average molecular weight is 129 g/mol. The molecule has 0 unspecified atom stereocenters. The Morgan fingerprint density at radius 2 is 2.14 bits per heavy atom. The zero-order chi connectivity index (χ0) is 5.91. The SMILES string of the molecule is C=C[Si](C)(C)O[Si]. The summed E-state index contributed by atoms with van der Waals surface area (Å²) in [6, 6.07) is 0. The van der Waals surface area contributed by atoms with Crippen molar-refractivity contribution in [3.05, 3.63) is 12.3 Å². The molecule has 0 saturated heterocycles. The Kier molecular flexibility index (Phi) is 2.49. The van der Waals surface area contributed by atoms with Crippen LogP contribution in [-0.4, -0.2) is 18.8 Å². The minimum absolute atomic E-state index is 1.47. The Balaban J connectivity index is 3.58. The monoisotopic (exact) mass is 129 g/mol. The molecule has 0 saturated carbocycles. The molecule has 3 heteroatoms. The van der Waals surface area contributed by atoms with Gasteiger partial charge >= 0.3 is 0 Å². The van der Waals surface area contributed by atoms with Gasteiger partial charge in [-0.2, -0.15) is 0 Å². The molecule has 0 atom stereocenters. The van der Waals surface area contributed by atoms with Crippen LogP contribution in [0.4, 0.5) is 0 Å². The molecule has 0 rings (SSSR count). The first-order valence-corrected chi connectivity index (χ1v) is 5.50. The van der Waals surface area contributed by atoms with Crippen molar-refractivity contribution < 1.29 is 4.12 Å². The Hall–Kier alpha value is 0.134. The van der Waals surface area contributed by atoms with Crippen molar-refractivity contribution in [2.24, 2.45) is 0 Å². The van der Waals surface area contributed by atoms with Crippen molar-refractivity contribution in [2.45, 2.75) is 13.1 Å². The van der Waals surface area contributed by atoms with Crippen molar-refractivity contribution in [1.82, 2.24) is 0 Å². The van der Waals surface area contributed by atoms with E-state index in [1.807, 2.05) is 18.8 Å². The number of hydrogen-bond acceptors (Lipinski definition) is 1. The van der Waals surface area contributed by atoms with Crippen LogP contribution in [0.25, 0.3) is 0 Å². The van der Waals surface area contributed by atoms with Crippen LogP contribution in [-0.2, 0) is 4.12 Å². The van der Waals surface area contributed by atoms with Crippen LogP contribution in [0.3, 0.4) is 0 Å². The largest absolute Gasteiger partial charge is 0.454 e. The summed E-state index contributed by atoms with van der Waals surface area (Å²) in [4.78, 5) is 0. The Labute approximate surface area is 49.1 Å². The van der Waals surface area contributed by atoms with Crippen molar-refractivity contribution in [1.29, 1.82) is 0 Å². The van der Waals surface area contributed by atoms with E-state index in [1.165, 1.54) is 0 Å². The predicted octanol–water partition coefficient (Wildman–Crippen LogP) is 1.02. The van der Waals surface area contributed by atoms with Gasteiger partial charge in [0.2, 0.25) is 10.5 Å². The maximum absolute atomic E-state index is 4.91. The van der Waals surface area contributed by atoms with Crippen LogP contribution >= 0.6 is 0 Å². The predicted molar refractivity (Wildman–Crippen MR) is 34.5 cm³/mol. The first-order chi connectivity index (χ1) is 3.12. The van der Waals surface area contributed by atoms with Crippen LogP contribution in [0, 0.1) is 0 Å². The summed E-state index contributed by atoms with van der Waals surface area (Å²) < 4.78 is 4.91. The second kappa shape index (κ2) is 2.44. The molecule has 0 aliphatic rings. The zero-order valence-corrected chi connectivity index (χ0v) is 6.69. The van der Waals surface area contributed by atoms with E-state index in [4.69, 9.17) is 4.12 Å². The van der Waals surface area contributed by atoms with E-state index in [0.717, 1.165) is 0 Å². The van der Waals surface area contributed by atoms with E-state index in [9.17, 15) is 0 Å². The lowest BCUT2D eigenvalue weighted by Crippen LogP contribution is -2.25. The lowest BCUT2D eigenvalue weighted by atomic mass is 11.3. The first-order valence-electron chi connectivity index (χ1n) is 2.11. The first kappa shape index (κ1) is 7.13. The van der Waals surface area contributed by atoms with E-state index in [2.05, 4.69) is 17.1 Å². The van der Waals surface area contributed by atoms with Gasteiger partial charge in [0, 0.05) is 0 Å². The van der Waals surface area contributed by atoms with Crippen molar-refractivity contribution >= 4 is 18.8 Å². The van der Waals surface area contributed by atoms with Crippen LogP contribution in [0.5, 0.6) is 0 Å². The summed E-state index contributed by atoms with van der Waals surface area (Å²) in [6.07, 6.45) is 0. The molecule has 1 nitrogen and oxygen atoms in total. The van der Waals surface area contributed by atoms with E-state index in [0.29, 0.717) is 0 Å². The van der Waals surface area contributed by atoms with Gasteiger partial charge in [0.15, 0.2) is 8.32 Å². The average Bonchev–Trinajstić information content (AvgIpc) is 1.68. The highest BCUT2D eigenvalue weighted by Crippen LogP contribution is 2.00. The summed E-state index contributed by atoms with van der Waals surface area (Å²) >= 11 is 0. The molecule has 0 fully saturated rings. The number of hydrogen-bond donors (Lipinski definition) is 0. The molecule has 0 spiro atoms. The Bertz CT molecular complexity index is 70.1. The second-order valence-electron chi connectivity index (χ2n) is 1.91. The quantitative estimate of drug-likeness (QED) is 0.506. The summed E-state index contributed by atoms with van der Waals surface area (Å²) in [5.41, 5.74) is 1.86. The molecule has 0 aliphatic carbocycles. The third-order valence-corrected chi connectivity index (χ3v) is 3.84. The summed E-state index contributed by atoms with van der Waals surface area (Å²) in [5, 5.41) is 0. The molecular formula is C4H9OSi2. The van der Waals surface area contributed by atoms with E-state index in [1.54, 1.807) is 0 Å². The Morgan fingerprint density at radius 3 is 2.14 bits per heavy atom. The highest BCUT2D eigenvalue weighted by atomic mass is 28.4. The van der Waals surface area contributed by atoms with Crippen molar-refractivity contribution in [2.75, 3.05) is 0 Å². The molecule has 3 radical (unpaired) electrons. The van der Waals surface area contributed by atoms with Gasteiger partial charge in [-0.3, -0.25) is 0 Å². The fraction of sp³-hybridized carbons (Fsp3) is 0.500. The standard InChI is InChI=1S/C4H9OSi2/c1-4-7(2,3)5-6/h4H,1H2,2-3H3. The molecule has 7 heavy (non-hydrogen) atoms. The van der Waals surface area contributed by atoms with Crippen LogP contribution < -0.4 is 0 Å². The maximum atomic E-state index is 4.91. The molecular weight excluding hydrogens is 120 g/mol. The van der Waals surface area contributed by atoms with Gasteiger partial charge in [-0.25, -0.2) is 0 Å². The van der Waals surface area contributed by atoms with E-state index >= 15 is 0 Å². The van der Waals surface area contributed by atoms with Gasteiger partial charge in [-0.05, 0) is 13.1 Å². The second-order valence-corrected chi connectivity index (χ2v) is 6.34. The fourth-order valence-electron chi connectivity index (χ4n) is 0.0417. The molecule has 0 aromatic heterocycles. The maximum Gasteiger partial charge on any atom is 0.230 e. The lowest BCUT2D eigenvalue weighted by molar-refractivity contribution is 0.627. The summed E-state index contributed by atoms with van der Waals surface area (Å²) in [6.45, 7) is 7.71. The van der Waals surface area contributed by atoms with Gasteiger partial charge < -0.3 is 4.12 Å². The van der Waals surface area contributed by atoms with Crippen LogP contribution in [0.2, 0.25) is 13.1 Å². The molecule has 0 heterocycles. The van der Waals surface area contributed by atoms with Gasteiger partial charge in [-0.1, -0.05) is 5.70 Å². The molecule has 0 amide bonds. The van der Waals surface area contributed by atoms with Crippen LogP contribution in [0.1, 0.15) is 0 Å². The minimum atomic E-state index is -1.47. The summed E-state index contributed by atoms with van der Waals surface area (Å²) in [5.74, 6) is 0. The van der Waals surface area contributed by atoms with Gasteiger partial charge in [0.25, 0.3) is 0 Å². The molecule has 0 aromatic rings.